The summed E-state index contributed by atoms with van der Waals surface area (Å²) in [7, 11) is 1.70. The van der Waals surface area contributed by atoms with E-state index in [1.54, 1.807) is 23.4 Å². The molecule has 2 aliphatic heterocycles. The van der Waals surface area contributed by atoms with Gasteiger partial charge in [0.05, 0.1) is 4.91 Å². The first kappa shape index (κ1) is 21.6. The number of thiocarbonyl (C=S) groups is 1. The van der Waals surface area contributed by atoms with Gasteiger partial charge in [0.15, 0.2) is 0 Å². The molecule has 8 heteroatoms. The van der Waals surface area contributed by atoms with Crippen LogP contribution >= 0.6 is 24.0 Å². The molecule has 2 fully saturated rings. The van der Waals surface area contributed by atoms with Crippen LogP contribution in [0.2, 0.25) is 0 Å². The van der Waals surface area contributed by atoms with Crippen LogP contribution < -0.4 is 10.5 Å². The van der Waals surface area contributed by atoms with Crippen molar-refractivity contribution in [3.8, 4) is 6.07 Å². The Kier molecular flexibility index (Phi) is 6.49. The second-order valence-corrected chi connectivity index (χ2v) is 9.25. The van der Waals surface area contributed by atoms with Crippen LogP contribution in [0.4, 0.5) is 5.82 Å². The van der Waals surface area contributed by atoms with E-state index in [0.717, 1.165) is 43.7 Å². The number of pyridine rings is 1. The molecule has 0 bridgehead atoms. The van der Waals surface area contributed by atoms with Crippen LogP contribution in [0, 0.1) is 18.3 Å². The molecule has 6 nitrogen and oxygen atoms in total. The van der Waals surface area contributed by atoms with Crippen LogP contribution in [0.1, 0.15) is 56.2 Å². The Labute approximate surface area is 181 Å². The highest BCUT2D eigenvalue weighted by Gasteiger charge is 2.35. The summed E-state index contributed by atoms with van der Waals surface area (Å²) in [5, 5.41) is 9.55. The van der Waals surface area contributed by atoms with E-state index in [1.165, 1.54) is 18.2 Å². The molecule has 1 amide bonds. The first-order valence-corrected chi connectivity index (χ1v) is 11.2. The minimum atomic E-state index is -0.296. The van der Waals surface area contributed by atoms with Crippen molar-refractivity contribution in [1.29, 1.82) is 5.26 Å². The number of nitriles is 1. The Morgan fingerprint density at radius 1 is 1.28 bits per heavy atom. The minimum absolute atomic E-state index is 0.0332. The number of carbonyl (C=O) groups is 1. The maximum Gasteiger partial charge on any atom is 0.270 e. The van der Waals surface area contributed by atoms with Gasteiger partial charge in [-0.05, 0) is 51.2 Å². The van der Waals surface area contributed by atoms with Crippen molar-refractivity contribution in [2.45, 2.75) is 52.5 Å². The maximum absolute atomic E-state index is 13.0. The average Bonchev–Trinajstić information content (AvgIpc) is 3.00. The molecule has 0 radical (unpaired) electrons. The Bertz CT molecular complexity index is 984. The van der Waals surface area contributed by atoms with Crippen LogP contribution in [-0.4, -0.2) is 38.8 Å². The number of amides is 1. The number of hydrogen-bond acceptors (Lipinski definition) is 6. The molecule has 1 aromatic heterocycles. The molecule has 154 valence electrons. The van der Waals surface area contributed by atoms with E-state index < -0.39 is 0 Å². The highest BCUT2D eigenvalue weighted by molar-refractivity contribution is 8.26. The molecule has 0 aliphatic carbocycles. The summed E-state index contributed by atoms with van der Waals surface area (Å²) >= 11 is 6.74. The van der Waals surface area contributed by atoms with E-state index in [9.17, 15) is 14.9 Å². The summed E-state index contributed by atoms with van der Waals surface area (Å²) in [6.45, 7) is 7.51. The fraction of sp³-hybridized carbons (Fsp3) is 0.524. The molecule has 1 aromatic rings. The lowest BCUT2D eigenvalue weighted by atomic mass is 10.0. The zero-order valence-corrected chi connectivity index (χ0v) is 19.0. The van der Waals surface area contributed by atoms with Crippen molar-refractivity contribution in [2.24, 2.45) is 7.05 Å². The van der Waals surface area contributed by atoms with E-state index >= 15 is 0 Å². The van der Waals surface area contributed by atoms with Gasteiger partial charge in [-0.15, -0.1) is 0 Å². The highest BCUT2D eigenvalue weighted by Crippen LogP contribution is 2.37. The number of aromatic nitrogens is 1. The van der Waals surface area contributed by atoms with Crippen LogP contribution in [-0.2, 0) is 11.8 Å². The van der Waals surface area contributed by atoms with Crippen molar-refractivity contribution < 1.29 is 4.79 Å². The summed E-state index contributed by atoms with van der Waals surface area (Å²) in [5.74, 6) is 0.672. The third kappa shape index (κ3) is 3.86. The van der Waals surface area contributed by atoms with Crippen molar-refractivity contribution in [2.75, 3.05) is 18.0 Å². The number of piperidine rings is 1. The van der Waals surface area contributed by atoms with Gasteiger partial charge in [0.1, 0.15) is 21.8 Å². The smallest absolute Gasteiger partial charge is 0.270 e. The summed E-state index contributed by atoms with van der Waals surface area (Å²) in [4.78, 5) is 30.2. The molecule has 0 spiro atoms. The second-order valence-electron chi connectivity index (χ2n) is 7.57. The zero-order valence-electron chi connectivity index (χ0n) is 17.3. The number of rotatable bonds is 4. The van der Waals surface area contributed by atoms with Crippen molar-refractivity contribution in [1.82, 2.24) is 9.47 Å². The molecule has 1 atom stereocenters. The quantitative estimate of drug-likeness (QED) is 0.537. The number of carbonyl (C=O) groups excluding carboxylic acids is 1. The lowest BCUT2D eigenvalue weighted by Gasteiger charge is -2.32. The zero-order chi connectivity index (χ0) is 21.3. The van der Waals surface area contributed by atoms with Gasteiger partial charge in [0.25, 0.3) is 11.5 Å². The van der Waals surface area contributed by atoms with Gasteiger partial charge in [-0.2, -0.15) is 5.26 Å². The highest BCUT2D eigenvalue weighted by atomic mass is 32.2. The molecule has 29 heavy (non-hydrogen) atoms. The second kappa shape index (κ2) is 8.72. The third-order valence-electron chi connectivity index (χ3n) is 5.75. The van der Waals surface area contributed by atoms with Gasteiger partial charge in [0.2, 0.25) is 0 Å². The fourth-order valence-corrected chi connectivity index (χ4v) is 5.32. The van der Waals surface area contributed by atoms with Gasteiger partial charge < -0.3 is 4.90 Å². The molecular weight excluding hydrogens is 404 g/mol. The standard InChI is InChI=1S/C21H26N4O2S2/c1-5-13(2)25-20(27)17(29-21(25)28)11-15-14(3)16(12-22)19(26)23(4)18(15)24-9-7-6-8-10-24/h11,13H,5-10H2,1-4H3/b17-11+/t13-/m1/s1. The number of hydrogen-bond donors (Lipinski definition) is 0. The normalized spacial score (nSPS) is 19.8. The summed E-state index contributed by atoms with van der Waals surface area (Å²) in [6, 6.07) is 2.08. The van der Waals surface area contributed by atoms with Crippen LogP contribution in [0.3, 0.4) is 0 Å². The first-order chi connectivity index (χ1) is 13.8. The molecular formula is C21H26N4O2S2. The van der Waals surface area contributed by atoms with Gasteiger partial charge >= 0.3 is 0 Å². The predicted molar refractivity (Wildman–Crippen MR) is 122 cm³/mol. The van der Waals surface area contributed by atoms with E-state index in [-0.39, 0.29) is 23.1 Å². The molecule has 3 rings (SSSR count). The van der Waals surface area contributed by atoms with E-state index in [4.69, 9.17) is 12.2 Å². The van der Waals surface area contributed by atoms with Crippen LogP contribution in [0.15, 0.2) is 9.70 Å². The lowest BCUT2D eigenvalue weighted by molar-refractivity contribution is -0.123. The Hall–Kier alpha value is -2.11. The van der Waals surface area contributed by atoms with E-state index in [1.807, 2.05) is 26.0 Å². The van der Waals surface area contributed by atoms with Gasteiger partial charge in [-0.3, -0.25) is 19.1 Å². The van der Waals surface area contributed by atoms with Gasteiger partial charge in [-0.1, -0.05) is 30.9 Å². The van der Waals surface area contributed by atoms with Crippen LogP contribution in [0.25, 0.3) is 6.08 Å². The van der Waals surface area contributed by atoms with E-state index in [0.29, 0.717) is 14.8 Å². The third-order valence-corrected chi connectivity index (χ3v) is 7.08. The Morgan fingerprint density at radius 2 is 1.93 bits per heavy atom. The maximum atomic E-state index is 13.0. The Balaban J connectivity index is 2.18. The van der Waals surface area contributed by atoms with Gasteiger partial charge in [0, 0.05) is 31.7 Å². The topological polar surface area (TPSA) is 69.3 Å². The summed E-state index contributed by atoms with van der Waals surface area (Å²) in [5.41, 5.74) is 1.20. The first-order valence-electron chi connectivity index (χ1n) is 9.97. The van der Waals surface area contributed by atoms with Crippen molar-refractivity contribution in [3.05, 3.63) is 31.9 Å². The molecule has 0 aromatic carbocycles. The Morgan fingerprint density at radius 3 is 2.52 bits per heavy atom. The van der Waals surface area contributed by atoms with E-state index in [2.05, 4.69) is 4.90 Å². The molecule has 2 aliphatic rings. The molecule has 3 heterocycles. The number of nitrogens with zero attached hydrogens (tertiary/aromatic N) is 4. The number of anilines is 1. The number of thioether (sulfide) groups is 1. The fourth-order valence-electron chi connectivity index (χ4n) is 3.87. The lowest BCUT2D eigenvalue weighted by Crippen LogP contribution is -2.37. The SMILES string of the molecule is CC[C@@H](C)N1C(=O)/C(=C\c2c(C)c(C#N)c(=O)n(C)c2N2CCCCC2)SC1=S. The summed E-state index contributed by atoms with van der Waals surface area (Å²) in [6.07, 6.45) is 5.92. The largest absolute Gasteiger partial charge is 0.357 e. The van der Waals surface area contributed by atoms with Crippen LogP contribution in [0.5, 0.6) is 0 Å². The minimum Gasteiger partial charge on any atom is -0.357 e. The monoisotopic (exact) mass is 430 g/mol. The molecule has 0 N–H and O–H groups in total. The van der Waals surface area contributed by atoms with Crippen molar-refractivity contribution in [3.63, 3.8) is 0 Å². The summed E-state index contributed by atoms with van der Waals surface area (Å²) < 4.78 is 2.11. The molecule has 0 unspecified atom stereocenters. The molecule has 0 saturated carbocycles. The molecule has 2 saturated heterocycles. The predicted octanol–water partition coefficient (Wildman–Crippen LogP) is 3.56. The average molecular weight is 431 g/mol. The van der Waals surface area contributed by atoms with Crippen molar-refractivity contribution >= 4 is 46.1 Å². The van der Waals surface area contributed by atoms with Gasteiger partial charge in [-0.25, -0.2) is 0 Å².